The molecule has 2 atom stereocenters. The van der Waals surface area contributed by atoms with E-state index in [1.54, 1.807) is 36.8 Å². The second-order valence-electron chi connectivity index (χ2n) is 9.68. The number of hydrogen-bond donors (Lipinski definition) is 2. The number of pyridine rings is 1. The lowest BCUT2D eigenvalue weighted by atomic mass is 10.0. The number of thiazole rings is 1. The highest BCUT2D eigenvalue weighted by molar-refractivity contribution is 8.00. The normalized spacial score (nSPS) is 17.7. The highest BCUT2D eigenvalue weighted by atomic mass is 127. The molecule has 2 aliphatic heterocycles. The zero-order valence-corrected chi connectivity index (χ0v) is 28.2. The molecule has 4 heterocycles. The van der Waals surface area contributed by atoms with Crippen molar-refractivity contribution < 1.29 is 57.2 Å². The van der Waals surface area contributed by atoms with Crippen LogP contribution in [-0.4, -0.2) is 64.8 Å². The number of nitrogen functional groups attached to an aromatic ring is 1. The summed E-state index contributed by atoms with van der Waals surface area (Å²) < 4.78 is 12.9. The van der Waals surface area contributed by atoms with E-state index < -0.39 is 29.2 Å². The molecule has 2 amide bonds. The summed E-state index contributed by atoms with van der Waals surface area (Å²) in [6.07, 6.45) is 8.37. The van der Waals surface area contributed by atoms with Gasteiger partial charge in [0, 0.05) is 23.3 Å². The number of esters is 1. The number of thioether (sulfide) groups is 1. The molecular formula is C30H31IN6O6S2. The van der Waals surface area contributed by atoms with E-state index in [0.717, 1.165) is 22.5 Å². The molecule has 0 unspecified atom stereocenters. The summed E-state index contributed by atoms with van der Waals surface area (Å²) in [4.78, 5) is 50.5. The van der Waals surface area contributed by atoms with Gasteiger partial charge in [-0.25, -0.2) is 14.3 Å². The van der Waals surface area contributed by atoms with E-state index in [-0.39, 0.29) is 52.8 Å². The third-order valence-electron chi connectivity index (χ3n) is 6.84. The van der Waals surface area contributed by atoms with Gasteiger partial charge in [0.25, 0.3) is 11.8 Å². The Kier molecular flexibility index (Phi) is 12.0. The van der Waals surface area contributed by atoms with Gasteiger partial charge in [0.2, 0.25) is 0 Å². The predicted molar refractivity (Wildman–Crippen MR) is 165 cm³/mol. The van der Waals surface area contributed by atoms with Gasteiger partial charge in [0.05, 0.1) is 7.11 Å². The zero-order chi connectivity index (χ0) is 31.1. The van der Waals surface area contributed by atoms with E-state index in [9.17, 15) is 14.4 Å². The summed E-state index contributed by atoms with van der Waals surface area (Å²) in [7, 11) is 2.88. The molecule has 0 spiro atoms. The van der Waals surface area contributed by atoms with Crippen LogP contribution in [0.25, 0.3) is 0 Å². The van der Waals surface area contributed by atoms with Crippen molar-refractivity contribution in [3.8, 4) is 5.75 Å². The van der Waals surface area contributed by atoms with Crippen LogP contribution in [0.4, 0.5) is 5.13 Å². The molecule has 2 aromatic heterocycles. The first-order chi connectivity index (χ1) is 21.4. The van der Waals surface area contributed by atoms with Crippen molar-refractivity contribution in [3.63, 3.8) is 0 Å². The number of anilines is 1. The van der Waals surface area contributed by atoms with E-state index in [2.05, 4.69) is 15.5 Å². The number of aromatic nitrogens is 2. The van der Waals surface area contributed by atoms with Crippen molar-refractivity contribution in [1.82, 2.24) is 15.2 Å². The third-order valence-corrected chi connectivity index (χ3v) is 8.86. The number of allylic oxidation sites excluding steroid dienone is 2. The molecule has 2 aliphatic rings. The monoisotopic (exact) mass is 762 g/mol. The van der Waals surface area contributed by atoms with Crippen molar-refractivity contribution in [1.29, 1.82) is 0 Å². The zero-order valence-electron chi connectivity index (χ0n) is 24.4. The number of hydrogen-bond acceptors (Lipinski definition) is 11. The lowest BCUT2D eigenvalue weighted by Crippen LogP contribution is -3.00. The lowest BCUT2D eigenvalue weighted by Gasteiger charge is -2.49. The molecule has 15 heteroatoms. The number of ether oxygens (including phenoxy) is 2. The Morgan fingerprint density at radius 2 is 1.93 bits per heavy atom. The minimum absolute atomic E-state index is 0. The fraction of sp³-hybridized carbons (Fsp3) is 0.267. The van der Waals surface area contributed by atoms with E-state index in [0.29, 0.717) is 24.5 Å². The summed E-state index contributed by atoms with van der Waals surface area (Å²) in [5, 5.41) is 7.85. The molecule has 1 saturated heterocycles. The average molecular weight is 763 g/mol. The van der Waals surface area contributed by atoms with Gasteiger partial charge < -0.3 is 49.3 Å². The molecule has 45 heavy (non-hydrogen) atoms. The van der Waals surface area contributed by atoms with Crippen LogP contribution >= 0.6 is 23.1 Å². The Morgan fingerprint density at radius 1 is 1.18 bits per heavy atom. The Morgan fingerprint density at radius 3 is 2.60 bits per heavy atom. The summed E-state index contributed by atoms with van der Waals surface area (Å²) >= 11 is 2.61. The van der Waals surface area contributed by atoms with Crippen LogP contribution in [0.15, 0.2) is 88.8 Å². The Hall–Kier alpha value is -3.96. The topological polar surface area (TPSA) is 149 Å². The number of nitrogens with one attached hydrogen (secondary N) is 1. The summed E-state index contributed by atoms with van der Waals surface area (Å²) in [5.41, 5.74) is 7.58. The maximum atomic E-state index is 13.5. The third kappa shape index (κ3) is 8.01. The molecule has 5 rings (SSSR count). The molecule has 1 aromatic carbocycles. The Balaban J connectivity index is 0.00000461. The number of β-lactam (4-membered cyclic amide) rings is 1. The van der Waals surface area contributed by atoms with Crippen LogP contribution in [0.3, 0.4) is 0 Å². The number of methoxy groups -OCH3 is 1. The fourth-order valence-corrected chi connectivity index (χ4v) is 6.56. The second kappa shape index (κ2) is 15.9. The first-order valence-corrected chi connectivity index (χ1v) is 15.5. The number of nitrogens with zero attached hydrogens (tertiary/aromatic N) is 4. The molecule has 3 N–H and O–H groups in total. The maximum Gasteiger partial charge on any atom is 0.355 e. The van der Waals surface area contributed by atoms with Crippen LogP contribution in [0.5, 0.6) is 5.75 Å². The molecule has 3 aromatic rings. The highest BCUT2D eigenvalue weighted by Gasteiger charge is 2.54. The van der Waals surface area contributed by atoms with Gasteiger partial charge in [-0.3, -0.25) is 14.5 Å². The van der Waals surface area contributed by atoms with Crippen LogP contribution in [0.1, 0.15) is 17.7 Å². The quantitative estimate of drug-likeness (QED) is 0.0471. The first-order valence-electron chi connectivity index (χ1n) is 13.6. The fourth-order valence-electron chi connectivity index (χ4n) is 4.65. The van der Waals surface area contributed by atoms with Crippen LogP contribution < -0.4 is 44.3 Å². The molecule has 1 fully saturated rings. The van der Waals surface area contributed by atoms with Crippen molar-refractivity contribution in [3.05, 3.63) is 94.9 Å². The highest BCUT2D eigenvalue weighted by Crippen LogP contribution is 2.41. The number of carbonyl (C=O) groups is 3. The van der Waals surface area contributed by atoms with Gasteiger partial charge in [-0.2, -0.15) is 0 Å². The minimum Gasteiger partial charge on any atom is -1.00 e. The van der Waals surface area contributed by atoms with Gasteiger partial charge >= 0.3 is 5.97 Å². The predicted octanol–water partition coefficient (Wildman–Crippen LogP) is -0.580. The number of fused-ring (bicyclic) bond motifs is 1. The number of amides is 2. The summed E-state index contributed by atoms with van der Waals surface area (Å²) in [6.45, 7) is 0.682. The Bertz CT molecular complexity index is 1610. The van der Waals surface area contributed by atoms with Gasteiger partial charge in [0.15, 0.2) is 29.8 Å². The summed E-state index contributed by atoms with van der Waals surface area (Å²) in [6, 6.07) is 12.1. The second-order valence-corrected chi connectivity index (χ2v) is 11.7. The first kappa shape index (κ1) is 33.9. The average Bonchev–Trinajstić information content (AvgIpc) is 3.49. The standard InChI is InChI=1S/C30H30N6O6S2.HI/c1-40-21-11-9-19(10-12-21)16-42-29(39)25-20(8-4-7-15-35-13-5-3-6-14-35)17-43-28-24(27(38)36(25)28)33-26(37)23(34-41-2)22-18-44-30(31)32-22;/h3-7,9-14,18,24,28H,8,15-17H2,1-2H3,(H2-,31,32,33,37);1H/b7-4-,34-23-;/t24-,28-;/m1./s1. The summed E-state index contributed by atoms with van der Waals surface area (Å²) in [5.74, 6) is -0.519. The minimum atomic E-state index is -0.888. The van der Waals surface area contributed by atoms with Crippen molar-refractivity contribution >= 4 is 51.7 Å². The van der Waals surface area contributed by atoms with E-state index in [1.165, 1.54) is 23.8 Å². The number of carbonyl (C=O) groups excluding carboxylic acids is 3. The molecule has 0 saturated carbocycles. The SMILES string of the molecule is CO/N=C(\C(=O)N[C@@H]1C(=O)N2C(C(=O)OCc3ccc(OC)cc3)=C(C/C=C\C[n+]3ccccc3)CS[C@H]12)c1csc(N)n1.[I-]. The molecular weight excluding hydrogens is 731 g/mol. The Labute approximate surface area is 285 Å². The van der Waals surface area contributed by atoms with Crippen LogP contribution in [0.2, 0.25) is 0 Å². The van der Waals surface area contributed by atoms with E-state index in [1.807, 2.05) is 47.3 Å². The molecule has 0 radical (unpaired) electrons. The van der Waals surface area contributed by atoms with Crippen LogP contribution in [0, 0.1) is 0 Å². The molecule has 0 aliphatic carbocycles. The van der Waals surface area contributed by atoms with Crippen molar-refractivity contribution in [2.24, 2.45) is 5.16 Å². The smallest absolute Gasteiger partial charge is 0.355 e. The van der Waals surface area contributed by atoms with Crippen molar-refractivity contribution in [2.45, 2.75) is 31.0 Å². The van der Waals surface area contributed by atoms with Gasteiger partial charge in [-0.1, -0.05) is 29.4 Å². The molecule has 12 nitrogen and oxygen atoms in total. The van der Waals surface area contributed by atoms with Crippen molar-refractivity contribution in [2.75, 3.05) is 25.7 Å². The van der Waals surface area contributed by atoms with E-state index in [4.69, 9.17) is 20.0 Å². The van der Waals surface area contributed by atoms with Gasteiger partial charge in [-0.15, -0.1) is 23.1 Å². The van der Waals surface area contributed by atoms with Gasteiger partial charge in [-0.05, 0) is 35.8 Å². The maximum absolute atomic E-state index is 13.5. The number of nitrogens with two attached hydrogens (primary N) is 1. The largest absolute Gasteiger partial charge is 1.00 e. The van der Waals surface area contributed by atoms with Crippen LogP contribution in [-0.2, 0) is 37.1 Å². The number of rotatable bonds is 12. The number of benzene rings is 1. The number of oxime groups is 1. The lowest BCUT2D eigenvalue weighted by molar-refractivity contribution is -0.687. The van der Waals surface area contributed by atoms with Gasteiger partial charge in [0.1, 0.15) is 42.3 Å². The molecule has 236 valence electrons. The number of halogens is 1. The van der Waals surface area contributed by atoms with E-state index >= 15 is 0 Å². The molecule has 0 bridgehead atoms.